The Kier molecular flexibility index (Phi) is 8.14. The van der Waals surface area contributed by atoms with Gasteiger partial charge in [0.25, 0.3) is 0 Å². The molecule has 0 aromatic heterocycles. The Morgan fingerprint density at radius 2 is 2.00 bits per heavy atom. The number of cyclic esters (lactones) is 1. The lowest BCUT2D eigenvalue weighted by Gasteiger charge is -2.25. The normalized spacial score (nSPS) is 20.1. The molecule has 3 N–H and O–H groups in total. The highest BCUT2D eigenvalue weighted by atomic mass is 32.2. The number of alkyl carbamates (subject to hydrolysis) is 1. The van der Waals surface area contributed by atoms with E-state index in [1.807, 2.05) is 0 Å². The van der Waals surface area contributed by atoms with Crippen molar-refractivity contribution < 1.29 is 38.5 Å². The van der Waals surface area contributed by atoms with Crippen LogP contribution in [-0.2, 0) is 29.6 Å². The van der Waals surface area contributed by atoms with E-state index in [9.17, 15) is 24.3 Å². The first-order valence-corrected chi connectivity index (χ1v) is 10.6. The molecule has 1 aromatic rings. The van der Waals surface area contributed by atoms with E-state index in [1.54, 1.807) is 20.8 Å². The molecule has 1 unspecified atom stereocenters. The minimum atomic E-state index is -1.32. The third kappa shape index (κ3) is 7.06. The molecular weight excluding hydrogens is 428 g/mol. The zero-order valence-electron chi connectivity index (χ0n) is 17.7. The maximum atomic E-state index is 12.7. The van der Waals surface area contributed by atoms with Crippen molar-refractivity contribution in [3.05, 3.63) is 29.3 Å². The number of phenols is 1. The molecule has 0 aliphatic carbocycles. The fourth-order valence-corrected chi connectivity index (χ4v) is 3.73. The maximum Gasteiger partial charge on any atom is 0.408 e. The van der Waals surface area contributed by atoms with Crippen LogP contribution in [0.15, 0.2) is 18.2 Å². The van der Waals surface area contributed by atoms with E-state index in [-0.39, 0.29) is 22.8 Å². The number of phenolic OH excluding ortho intramolecular Hbond substituents is 1. The molecule has 1 aliphatic heterocycles. The van der Waals surface area contributed by atoms with E-state index in [0.717, 1.165) is 0 Å². The summed E-state index contributed by atoms with van der Waals surface area (Å²) in [5.41, 5.74) is -0.353. The third-order valence-electron chi connectivity index (χ3n) is 4.09. The number of esters is 2. The Labute approximate surface area is 184 Å². The van der Waals surface area contributed by atoms with Gasteiger partial charge < -0.3 is 30.0 Å². The topological polar surface area (TPSA) is 140 Å². The van der Waals surface area contributed by atoms with Crippen molar-refractivity contribution in [2.75, 3.05) is 19.5 Å². The van der Waals surface area contributed by atoms with Gasteiger partial charge in [-0.3, -0.25) is 4.79 Å². The predicted octanol–water partition coefficient (Wildman–Crippen LogP) is 1.35. The quantitative estimate of drug-likeness (QED) is 0.446. The van der Waals surface area contributed by atoms with E-state index in [2.05, 4.69) is 10.6 Å². The molecule has 1 aromatic carbocycles. The maximum absolute atomic E-state index is 12.7. The number of rotatable bonds is 2. The van der Waals surface area contributed by atoms with Gasteiger partial charge in [-0.2, -0.15) is 11.8 Å². The number of nitrogens with one attached hydrogen (secondary N) is 2. The van der Waals surface area contributed by atoms with Crippen LogP contribution in [0.2, 0.25) is 0 Å². The average Bonchev–Trinajstić information content (AvgIpc) is 2.68. The summed E-state index contributed by atoms with van der Waals surface area (Å²) >= 11 is 1.21. The fraction of sp³-hybridized carbons (Fsp3) is 0.500. The largest absolute Gasteiger partial charge is 0.508 e. The lowest BCUT2D eigenvalue weighted by Crippen LogP contribution is -2.55. The molecule has 0 spiro atoms. The lowest BCUT2D eigenvalue weighted by molar-refractivity contribution is -0.144. The Hall–Kier alpha value is -2.95. The summed E-state index contributed by atoms with van der Waals surface area (Å²) in [5.74, 6) is -1.98. The molecule has 2 rings (SSSR count). The molecule has 0 fully saturated rings. The van der Waals surface area contributed by atoms with E-state index < -0.39 is 48.2 Å². The van der Waals surface area contributed by atoms with Crippen molar-refractivity contribution in [1.29, 1.82) is 0 Å². The number of methoxy groups -OCH3 is 1. The number of amides is 2. The summed E-state index contributed by atoms with van der Waals surface area (Å²) < 4.78 is 15.1. The third-order valence-corrected chi connectivity index (χ3v) is 5.15. The van der Waals surface area contributed by atoms with Gasteiger partial charge in [-0.25, -0.2) is 14.4 Å². The van der Waals surface area contributed by atoms with Gasteiger partial charge >= 0.3 is 18.0 Å². The molecule has 1 aliphatic rings. The van der Waals surface area contributed by atoms with Crippen molar-refractivity contribution >= 4 is 35.7 Å². The van der Waals surface area contributed by atoms with E-state index in [1.165, 1.54) is 37.1 Å². The lowest BCUT2D eigenvalue weighted by atomic mass is 10.1. The van der Waals surface area contributed by atoms with Crippen LogP contribution >= 0.6 is 11.8 Å². The van der Waals surface area contributed by atoms with Gasteiger partial charge in [0, 0.05) is 17.1 Å². The Morgan fingerprint density at radius 3 is 2.65 bits per heavy atom. The Morgan fingerprint density at radius 1 is 1.29 bits per heavy atom. The highest BCUT2D eigenvalue weighted by molar-refractivity contribution is 7.98. The first kappa shape index (κ1) is 24.3. The van der Waals surface area contributed by atoms with Gasteiger partial charge in [0.05, 0.1) is 12.7 Å². The summed E-state index contributed by atoms with van der Waals surface area (Å²) in [7, 11) is 1.19. The fourth-order valence-electron chi connectivity index (χ4n) is 2.65. The van der Waals surface area contributed by atoms with E-state index in [0.29, 0.717) is 5.56 Å². The molecule has 0 bridgehead atoms. The highest BCUT2D eigenvalue weighted by Gasteiger charge is 2.31. The van der Waals surface area contributed by atoms with Crippen LogP contribution in [-0.4, -0.2) is 66.2 Å². The van der Waals surface area contributed by atoms with E-state index in [4.69, 9.17) is 14.2 Å². The monoisotopic (exact) mass is 454 g/mol. The second-order valence-corrected chi connectivity index (χ2v) is 8.73. The molecule has 10 nitrogen and oxygen atoms in total. The predicted molar refractivity (Wildman–Crippen MR) is 112 cm³/mol. The average molecular weight is 455 g/mol. The van der Waals surface area contributed by atoms with Crippen LogP contribution in [0.25, 0.3) is 0 Å². The summed E-state index contributed by atoms with van der Waals surface area (Å²) in [5, 5.41) is 15.0. The molecule has 2 atom stereocenters. The smallest absolute Gasteiger partial charge is 0.408 e. The Balaban J connectivity index is 2.32. The number of carbonyl (C=O) groups excluding carboxylic acids is 4. The van der Waals surface area contributed by atoms with Crippen molar-refractivity contribution in [3.63, 3.8) is 0 Å². The number of thioether (sulfide) groups is 1. The summed E-state index contributed by atoms with van der Waals surface area (Å²) in [4.78, 5) is 49.6. The highest BCUT2D eigenvalue weighted by Crippen LogP contribution is 2.27. The van der Waals surface area contributed by atoms with Crippen LogP contribution in [0.5, 0.6) is 5.75 Å². The van der Waals surface area contributed by atoms with Gasteiger partial charge in [-0.05, 0) is 32.9 Å². The molecule has 31 heavy (non-hydrogen) atoms. The molecule has 2 amide bonds. The first-order valence-electron chi connectivity index (χ1n) is 9.45. The molecule has 1 heterocycles. The van der Waals surface area contributed by atoms with Crippen molar-refractivity contribution in [2.45, 2.75) is 44.2 Å². The summed E-state index contributed by atoms with van der Waals surface area (Å²) in [6.07, 6.45) is -0.891. The number of ether oxygens (including phenoxy) is 3. The van der Waals surface area contributed by atoms with Crippen LogP contribution < -0.4 is 10.6 Å². The van der Waals surface area contributed by atoms with Gasteiger partial charge in [-0.1, -0.05) is 6.07 Å². The molecule has 0 saturated carbocycles. The minimum absolute atomic E-state index is 0.0962. The van der Waals surface area contributed by atoms with Gasteiger partial charge in [0.1, 0.15) is 30.0 Å². The standard InChI is InChI=1S/C20H26N2O8S/c1-20(2,3)30-19(27)22-13-8-29-17(25)11-6-5-7-15(23)12(11)9-31-10-14(18(26)28-4)21-16(13)24/h5-7,13-14,23H,8-10H2,1-4H3,(H,21,24)(H,22,27)/t13?,14-/m0/s1. The zero-order chi connectivity index (χ0) is 23.2. The number of hydrogen-bond acceptors (Lipinski definition) is 9. The van der Waals surface area contributed by atoms with Crippen molar-refractivity contribution in [1.82, 2.24) is 10.6 Å². The van der Waals surface area contributed by atoms with Crippen LogP contribution in [0, 0.1) is 0 Å². The first-order chi connectivity index (χ1) is 14.5. The number of fused-ring (bicyclic) bond motifs is 1. The SMILES string of the molecule is COC(=O)[C@@H]1CSCc2c(O)cccc2C(=O)OCC(NC(=O)OC(C)(C)C)C(=O)N1. The number of benzene rings is 1. The minimum Gasteiger partial charge on any atom is -0.508 e. The van der Waals surface area contributed by atoms with Gasteiger partial charge in [-0.15, -0.1) is 0 Å². The summed E-state index contributed by atoms with van der Waals surface area (Å²) in [6, 6.07) is 2.07. The van der Waals surface area contributed by atoms with Crippen molar-refractivity contribution in [2.24, 2.45) is 0 Å². The molecule has 11 heteroatoms. The molecular formula is C20H26N2O8S. The summed E-state index contributed by atoms with van der Waals surface area (Å²) in [6.45, 7) is 4.45. The second kappa shape index (κ2) is 10.4. The van der Waals surface area contributed by atoms with Crippen molar-refractivity contribution in [3.8, 4) is 5.75 Å². The number of hydrogen-bond donors (Lipinski definition) is 3. The number of aromatic hydroxyl groups is 1. The van der Waals surface area contributed by atoms with Crippen LogP contribution in [0.3, 0.4) is 0 Å². The number of carbonyl (C=O) groups is 4. The van der Waals surface area contributed by atoms with Crippen LogP contribution in [0.1, 0.15) is 36.7 Å². The Bertz CT molecular complexity index is 852. The second-order valence-electron chi connectivity index (χ2n) is 7.70. The van der Waals surface area contributed by atoms with Crippen LogP contribution in [0.4, 0.5) is 4.79 Å². The molecule has 0 radical (unpaired) electrons. The van der Waals surface area contributed by atoms with E-state index >= 15 is 0 Å². The molecule has 0 saturated heterocycles. The van der Waals surface area contributed by atoms with Gasteiger partial charge in [0.2, 0.25) is 5.91 Å². The van der Waals surface area contributed by atoms with Gasteiger partial charge in [0.15, 0.2) is 0 Å². The molecule has 170 valence electrons. The zero-order valence-corrected chi connectivity index (χ0v) is 18.5.